The molecule has 32 heavy (non-hydrogen) atoms. The van der Waals surface area contributed by atoms with Crippen molar-refractivity contribution < 1.29 is 17.5 Å². The van der Waals surface area contributed by atoms with E-state index in [0.29, 0.717) is 42.8 Å². The summed E-state index contributed by atoms with van der Waals surface area (Å²) in [5.41, 5.74) is 0.943. The summed E-state index contributed by atoms with van der Waals surface area (Å²) in [6.45, 7) is 4.10. The summed E-state index contributed by atoms with van der Waals surface area (Å²) in [7, 11) is -1.72. The summed E-state index contributed by atoms with van der Waals surface area (Å²) in [4.78, 5) is 4.52. The van der Waals surface area contributed by atoms with E-state index in [1.54, 1.807) is 35.6 Å². The maximum absolute atomic E-state index is 13.0. The lowest BCUT2D eigenvalue weighted by molar-refractivity contribution is 0.223. The normalized spacial score (nSPS) is 15.7. The third-order valence-corrected chi connectivity index (χ3v) is 6.93. The van der Waals surface area contributed by atoms with Crippen molar-refractivity contribution in [3.8, 4) is 5.75 Å². The van der Waals surface area contributed by atoms with Gasteiger partial charge in [0.2, 0.25) is 10.0 Å². The molecule has 0 saturated carbocycles. The number of halogens is 2. The highest BCUT2D eigenvalue weighted by Gasteiger charge is 2.26. The third kappa shape index (κ3) is 7.31. The molecular weight excluding hydrogens is 546 g/mol. The van der Waals surface area contributed by atoms with Gasteiger partial charge in [-0.1, -0.05) is 12.1 Å². The van der Waals surface area contributed by atoms with Crippen molar-refractivity contribution in [3.63, 3.8) is 0 Å². The van der Waals surface area contributed by atoms with Gasteiger partial charge in [0.15, 0.2) is 5.96 Å². The summed E-state index contributed by atoms with van der Waals surface area (Å²) in [5.74, 6) is 0.898. The van der Waals surface area contributed by atoms with Gasteiger partial charge in [-0.15, -0.1) is 24.0 Å². The number of ether oxygens (including phenoxy) is 1. The van der Waals surface area contributed by atoms with Crippen molar-refractivity contribution in [2.75, 3.05) is 26.7 Å². The standard InChI is InChI=1S/C22H29FN4O3S.HI/c1-17(30-20-9-7-19(23)8-10-20)15-25-22(24-2)26-16-18-5-11-21(12-6-18)31(28,29)27-13-3-4-14-27;/h5-12,17H,3-4,13-16H2,1-2H3,(H2,24,25,26);1H. The van der Waals surface area contributed by atoms with Gasteiger partial charge in [-0.2, -0.15) is 4.31 Å². The fourth-order valence-electron chi connectivity index (χ4n) is 3.29. The lowest BCUT2D eigenvalue weighted by atomic mass is 10.2. The summed E-state index contributed by atoms with van der Waals surface area (Å²) >= 11 is 0. The Balaban J connectivity index is 0.00000363. The molecule has 1 fully saturated rings. The van der Waals surface area contributed by atoms with Crippen molar-refractivity contribution >= 4 is 40.0 Å². The topological polar surface area (TPSA) is 83.0 Å². The Morgan fingerprint density at radius 2 is 1.72 bits per heavy atom. The van der Waals surface area contributed by atoms with E-state index in [9.17, 15) is 12.8 Å². The van der Waals surface area contributed by atoms with Crippen LogP contribution in [0.3, 0.4) is 0 Å². The first-order valence-corrected chi connectivity index (χ1v) is 11.8. The molecule has 2 N–H and O–H groups in total. The molecule has 10 heteroatoms. The predicted octanol–water partition coefficient (Wildman–Crippen LogP) is 3.36. The van der Waals surface area contributed by atoms with Gasteiger partial charge >= 0.3 is 0 Å². The van der Waals surface area contributed by atoms with Gasteiger partial charge in [-0.3, -0.25) is 4.99 Å². The Morgan fingerprint density at radius 1 is 1.09 bits per heavy atom. The van der Waals surface area contributed by atoms with Gasteiger partial charge in [-0.05, 0) is 61.7 Å². The van der Waals surface area contributed by atoms with E-state index in [-0.39, 0.29) is 35.9 Å². The monoisotopic (exact) mass is 576 g/mol. The number of benzene rings is 2. The second kappa shape index (κ2) is 12.4. The Morgan fingerprint density at radius 3 is 2.31 bits per heavy atom. The minimum absolute atomic E-state index is 0. The Bertz CT molecular complexity index is 979. The second-order valence-electron chi connectivity index (χ2n) is 7.44. The first-order valence-electron chi connectivity index (χ1n) is 10.3. The highest BCUT2D eigenvalue weighted by Crippen LogP contribution is 2.21. The number of aliphatic imine (C=N–C) groups is 1. The number of guanidine groups is 1. The minimum Gasteiger partial charge on any atom is -0.489 e. The maximum Gasteiger partial charge on any atom is 0.243 e. The number of nitrogens with zero attached hydrogens (tertiary/aromatic N) is 2. The molecule has 176 valence electrons. The van der Waals surface area contributed by atoms with Gasteiger partial charge in [-0.25, -0.2) is 12.8 Å². The number of hydrogen-bond acceptors (Lipinski definition) is 4. The molecule has 1 atom stereocenters. The molecule has 0 spiro atoms. The Kier molecular flexibility index (Phi) is 10.2. The molecule has 2 aromatic rings. The van der Waals surface area contributed by atoms with Crippen molar-refractivity contribution in [2.24, 2.45) is 4.99 Å². The molecule has 7 nitrogen and oxygen atoms in total. The molecule has 1 saturated heterocycles. The minimum atomic E-state index is -3.40. The maximum atomic E-state index is 13.0. The molecular formula is C22H30FIN4O3S. The predicted molar refractivity (Wildman–Crippen MR) is 135 cm³/mol. The fraction of sp³-hybridized carbons (Fsp3) is 0.409. The molecule has 2 aromatic carbocycles. The van der Waals surface area contributed by atoms with Gasteiger partial charge in [0, 0.05) is 26.7 Å². The number of hydrogen-bond donors (Lipinski definition) is 2. The highest BCUT2D eigenvalue weighted by atomic mass is 127. The van der Waals surface area contributed by atoms with Crippen LogP contribution in [0.2, 0.25) is 0 Å². The zero-order valence-electron chi connectivity index (χ0n) is 18.3. The van der Waals surface area contributed by atoms with Crippen LogP contribution in [0, 0.1) is 5.82 Å². The molecule has 1 heterocycles. The van der Waals surface area contributed by atoms with Crippen LogP contribution in [-0.2, 0) is 16.6 Å². The number of nitrogens with one attached hydrogen (secondary N) is 2. The quantitative estimate of drug-likeness (QED) is 0.286. The van der Waals surface area contributed by atoms with Crippen LogP contribution in [-0.4, -0.2) is 51.5 Å². The van der Waals surface area contributed by atoms with E-state index >= 15 is 0 Å². The van der Waals surface area contributed by atoms with Gasteiger partial charge < -0.3 is 15.4 Å². The molecule has 3 rings (SSSR count). The second-order valence-corrected chi connectivity index (χ2v) is 9.38. The highest BCUT2D eigenvalue weighted by molar-refractivity contribution is 14.0. The lowest BCUT2D eigenvalue weighted by Gasteiger charge is -2.18. The van der Waals surface area contributed by atoms with E-state index in [1.165, 1.54) is 12.1 Å². The van der Waals surface area contributed by atoms with Crippen LogP contribution in [0.1, 0.15) is 25.3 Å². The van der Waals surface area contributed by atoms with E-state index in [4.69, 9.17) is 4.74 Å². The van der Waals surface area contributed by atoms with Crippen molar-refractivity contribution in [1.29, 1.82) is 0 Å². The molecule has 1 aliphatic rings. The van der Waals surface area contributed by atoms with Gasteiger partial charge in [0.1, 0.15) is 17.7 Å². The molecule has 0 amide bonds. The number of sulfonamides is 1. The molecule has 1 aliphatic heterocycles. The zero-order chi connectivity index (χ0) is 22.3. The SMILES string of the molecule is CN=C(NCc1ccc(S(=O)(=O)N2CCCC2)cc1)NCC(C)Oc1ccc(F)cc1.I. The van der Waals surface area contributed by atoms with Crippen molar-refractivity contribution in [1.82, 2.24) is 14.9 Å². The van der Waals surface area contributed by atoms with Crippen LogP contribution >= 0.6 is 24.0 Å². The Labute approximate surface area is 206 Å². The van der Waals surface area contributed by atoms with Crippen LogP contribution in [0.15, 0.2) is 58.4 Å². The fourth-order valence-corrected chi connectivity index (χ4v) is 4.81. The van der Waals surface area contributed by atoms with Gasteiger partial charge in [0.25, 0.3) is 0 Å². The average molecular weight is 576 g/mol. The van der Waals surface area contributed by atoms with Crippen LogP contribution in [0.5, 0.6) is 5.75 Å². The zero-order valence-corrected chi connectivity index (χ0v) is 21.4. The first kappa shape index (κ1) is 26.3. The molecule has 0 aromatic heterocycles. The first-order chi connectivity index (χ1) is 14.9. The van der Waals surface area contributed by atoms with Crippen molar-refractivity contribution in [2.45, 2.75) is 37.3 Å². The Hall–Kier alpha value is -1.92. The molecule has 0 aliphatic carbocycles. The largest absolute Gasteiger partial charge is 0.489 e. The smallest absolute Gasteiger partial charge is 0.243 e. The molecule has 0 radical (unpaired) electrons. The lowest BCUT2D eigenvalue weighted by Crippen LogP contribution is -2.41. The summed E-state index contributed by atoms with van der Waals surface area (Å²) in [6, 6.07) is 12.8. The number of rotatable bonds is 8. The molecule has 1 unspecified atom stereocenters. The van der Waals surface area contributed by atoms with E-state index in [2.05, 4.69) is 15.6 Å². The van der Waals surface area contributed by atoms with E-state index in [1.807, 2.05) is 19.1 Å². The summed E-state index contributed by atoms with van der Waals surface area (Å²) in [6.07, 6.45) is 1.68. The van der Waals surface area contributed by atoms with Crippen molar-refractivity contribution in [3.05, 3.63) is 59.9 Å². The summed E-state index contributed by atoms with van der Waals surface area (Å²) in [5, 5.41) is 6.38. The van der Waals surface area contributed by atoms with Crippen LogP contribution in [0.4, 0.5) is 4.39 Å². The van der Waals surface area contributed by atoms with Crippen LogP contribution in [0.25, 0.3) is 0 Å². The molecule has 0 bridgehead atoms. The summed E-state index contributed by atoms with van der Waals surface area (Å²) < 4.78 is 45.5. The van der Waals surface area contributed by atoms with Crippen LogP contribution < -0.4 is 15.4 Å². The average Bonchev–Trinajstić information content (AvgIpc) is 3.32. The van der Waals surface area contributed by atoms with E-state index in [0.717, 1.165) is 18.4 Å². The van der Waals surface area contributed by atoms with E-state index < -0.39 is 10.0 Å². The third-order valence-electron chi connectivity index (χ3n) is 5.02. The van der Waals surface area contributed by atoms with Gasteiger partial charge in [0.05, 0.1) is 11.4 Å².